The first-order chi connectivity index (χ1) is 9.88. The lowest BCUT2D eigenvalue weighted by atomic mass is 10.1. The van der Waals surface area contributed by atoms with E-state index in [0.717, 1.165) is 21.7 Å². The highest BCUT2D eigenvalue weighted by Gasteiger charge is 2.17. The summed E-state index contributed by atoms with van der Waals surface area (Å²) in [4.78, 5) is 5.87. The van der Waals surface area contributed by atoms with E-state index in [1.807, 2.05) is 0 Å². The predicted molar refractivity (Wildman–Crippen MR) is 91.3 cm³/mol. The number of nitrogens with one attached hydrogen (secondary N) is 1. The van der Waals surface area contributed by atoms with Crippen molar-refractivity contribution in [2.75, 3.05) is 0 Å². The van der Waals surface area contributed by atoms with Crippen molar-refractivity contribution in [2.45, 2.75) is 46.2 Å². The lowest BCUT2D eigenvalue weighted by Crippen LogP contribution is -2.22. The molecule has 0 spiro atoms. The zero-order valence-electron chi connectivity index (χ0n) is 12.7. The normalized spacial score (nSPS) is 11.6. The summed E-state index contributed by atoms with van der Waals surface area (Å²) in [6.45, 7) is 9.25. The summed E-state index contributed by atoms with van der Waals surface area (Å²) in [7, 11) is 0. The van der Waals surface area contributed by atoms with Gasteiger partial charge in [-0.05, 0) is 24.1 Å². The van der Waals surface area contributed by atoms with Crippen LogP contribution in [0.2, 0.25) is 0 Å². The topological polar surface area (TPSA) is 24.9 Å². The second-order valence-electron chi connectivity index (χ2n) is 5.64. The van der Waals surface area contributed by atoms with Gasteiger partial charge in [-0.3, -0.25) is 0 Å². The Morgan fingerprint density at radius 1 is 1.29 bits per heavy atom. The maximum Gasteiger partial charge on any atom is 0.133 e. The standard InChI is InChI=1S/C16H20BrFN2S/c1-9(2)15-14(8-19-10(3)4)21-16(20-15)12-7-11(17)5-6-13(12)18/h5-7,9-10,19H,8H2,1-4H3. The van der Waals surface area contributed by atoms with Gasteiger partial charge in [0, 0.05) is 27.5 Å². The van der Waals surface area contributed by atoms with Crippen molar-refractivity contribution >= 4 is 27.3 Å². The lowest BCUT2D eigenvalue weighted by molar-refractivity contribution is 0.588. The molecule has 0 amide bonds. The molecule has 0 saturated heterocycles. The Bertz CT molecular complexity index is 623. The molecule has 1 aromatic heterocycles. The van der Waals surface area contributed by atoms with Crippen LogP contribution in [0.5, 0.6) is 0 Å². The molecule has 5 heteroatoms. The number of thiazole rings is 1. The molecule has 0 unspecified atom stereocenters. The van der Waals surface area contributed by atoms with E-state index in [4.69, 9.17) is 0 Å². The van der Waals surface area contributed by atoms with E-state index >= 15 is 0 Å². The Labute approximate surface area is 137 Å². The van der Waals surface area contributed by atoms with Crippen LogP contribution >= 0.6 is 27.3 Å². The third-order valence-corrected chi connectivity index (χ3v) is 4.70. The largest absolute Gasteiger partial charge is 0.310 e. The van der Waals surface area contributed by atoms with E-state index in [1.165, 1.54) is 10.9 Å². The minimum Gasteiger partial charge on any atom is -0.310 e. The number of benzene rings is 1. The molecule has 0 radical (unpaired) electrons. The van der Waals surface area contributed by atoms with Gasteiger partial charge < -0.3 is 5.32 Å². The average molecular weight is 371 g/mol. The van der Waals surface area contributed by atoms with Crippen LogP contribution in [-0.4, -0.2) is 11.0 Å². The maximum atomic E-state index is 14.0. The molecule has 114 valence electrons. The predicted octanol–water partition coefficient (Wildman–Crippen LogP) is 5.33. The van der Waals surface area contributed by atoms with Crippen molar-refractivity contribution in [3.05, 3.63) is 39.1 Å². The van der Waals surface area contributed by atoms with Crippen molar-refractivity contribution in [1.82, 2.24) is 10.3 Å². The Morgan fingerprint density at radius 2 is 2.00 bits per heavy atom. The molecule has 1 N–H and O–H groups in total. The second kappa shape index (κ2) is 6.99. The van der Waals surface area contributed by atoms with Crippen molar-refractivity contribution in [3.8, 4) is 10.6 Å². The monoisotopic (exact) mass is 370 g/mol. The molecule has 0 aliphatic rings. The van der Waals surface area contributed by atoms with Gasteiger partial charge in [-0.25, -0.2) is 9.37 Å². The highest BCUT2D eigenvalue weighted by atomic mass is 79.9. The zero-order chi connectivity index (χ0) is 15.6. The molecule has 0 aliphatic carbocycles. The summed E-state index contributed by atoms with van der Waals surface area (Å²) >= 11 is 4.97. The Balaban J connectivity index is 2.41. The summed E-state index contributed by atoms with van der Waals surface area (Å²) < 4.78 is 14.9. The summed E-state index contributed by atoms with van der Waals surface area (Å²) in [5.41, 5.74) is 1.62. The van der Waals surface area contributed by atoms with Crippen molar-refractivity contribution in [2.24, 2.45) is 0 Å². The van der Waals surface area contributed by atoms with Crippen LogP contribution in [0.1, 0.15) is 44.2 Å². The number of rotatable bonds is 5. The van der Waals surface area contributed by atoms with Crippen molar-refractivity contribution in [3.63, 3.8) is 0 Å². The van der Waals surface area contributed by atoms with E-state index in [-0.39, 0.29) is 5.82 Å². The first-order valence-electron chi connectivity index (χ1n) is 7.07. The average Bonchev–Trinajstić information content (AvgIpc) is 2.83. The molecule has 0 atom stereocenters. The third-order valence-electron chi connectivity index (χ3n) is 3.10. The quantitative estimate of drug-likeness (QED) is 0.768. The molecular formula is C16H20BrFN2S. The molecule has 0 aliphatic heterocycles. The van der Waals surface area contributed by atoms with E-state index in [1.54, 1.807) is 23.5 Å². The lowest BCUT2D eigenvalue weighted by Gasteiger charge is -2.09. The van der Waals surface area contributed by atoms with Crippen LogP contribution in [0, 0.1) is 5.82 Å². The first-order valence-corrected chi connectivity index (χ1v) is 8.67. The fourth-order valence-electron chi connectivity index (χ4n) is 2.01. The van der Waals surface area contributed by atoms with Gasteiger partial charge in [-0.1, -0.05) is 43.6 Å². The van der Waals surface area contributed by atoms with Gasteiger partial charge in [-0.2, -0.15) is 0 Å². The highest BCUT2D eigenvalue weighted by Crippen LogP contribution is 2.34. The molecule has 0 bridgehead atoms. The first kappa shape index (κ1) is 16.6. The fraction of sp³-hybridized carbons (Fsp3) is 0.438. The molecule has 21 heavy (non-hydrogen) atoms. The van der Waals surface area contributed by atoms with Gasteiger partial charge in [0.05, 0.1) is 5.69 Å². The van der Waals surface area contributed by atoms with Crippen LogP contribution in [0.15, 0.2) is 22.7 Å². The van der Waals surface area contributed by atoms with Crippen LogP contribution in [-0.2, 0) is 6.54 Å². The van der Waals surface area contributed by atoms with E-state index < -0.39 is 0 Å². The molecule has 0 saturated carbocycles. The Kier molecular flexibility index (Phi) is 5.52. The fourth-order valence-corrected chi connectivity index (χ4v) is 3.56. The van der Waals surface area contributed by atoms with Gasteiger partial charge in [0.25, 0.3) is 0 Å². The molecule has 2 nitrogen and oxygen atoms in total. The minimum atomic E-state index is -0.231. The van der Waals surface area contributed by atoms with Gasteiger partial charge >= 0.3 is 0 Å². The van der Waals surface area contributed by atoms with Gasteiger partial charge in [0.1, 0.15) is 10.8 Å². The second-order valence-corrected chi connectivity index (χ2v) is 7.64. The smallest absolute Gasteiger partial charge is 0.133 e. The number of halogens is 2. The number of hydrogen-bond acceptors (Lipinski definition) is 3. The molecular weight excluding hydrogens is 351 g/mol. The summed E-state index contributed by atoms with van der Waals surface area (Å²) in [5.74, 6) is 0.0970. The maximum absolute atomic E-state index is 14.0. The van der Waals surface area contributed by atoms with Crippen LogP contribution < -0.4 is 5.32 Å². The number of hydrogen-bond donors (Lipinski definition) is 1. The van der Waals surface area contributed by atoms with Crippen LogP contribution in [0.25, 0.3) is 10.6 Å². The van der Waals surface area contributed by atoms with Gasteiger partial charge in [0.2, 0.25) is 0 Å². The highest BCUT2D eigenvalue weighted by molar-refractivity contribution is 9.10. The summed E-state index contributed by atoms with van der Waals surface area (Å²) in [6.07, 6.45) is 0. The van der Waals surface area contributed by atoms with Crippen molar-refractivity contribution < 1.29 is 4.39 Å². The van der Waals surface area contributed by atoms with Gasteiger partial charge in [-0.15, -0.1) is 11.3 Å². The van der Waals surface area contributed by atoms with Gasteiger partial charge in [0.15, 0.2) is 0 Å². The summed E-state index contributed by atoms with van der Waals surface area (Å²) in [6, 6.07) is 5.38. The zero-order valence-corrected chi connectivity index (χ0v) is 15.1. The van der Waals surface area contributed by atoms with E-state index in [9.17, 15) is 4.39 Å². The molecule has 2 rings (SSSR count). The molecule has 1 heterocycles. The molecule has 2 aromatic rings. The number of nitrogens with zero attached hydrogens (tertiary/aromatic N) is 1. The van der Waals surface area contributed by atoms with Crippen molar-refractivity contribution in [1.29, 1.82) is 0 Å². The minimum absolute atomic E-state index is 0.231. The molecule has 0 fully saturated rings. The summed E-state index contributed by atoms with van der Waals surface area (Å²) in [5, 5.41) is 4.16. The van der Waals surface area contributed by atoms with E-state index in [2.05, 4.69) is 53.9 Å². The Morgan fingerprint density at radius 3 is 2.62 bits per heavy atom. The molecule has 1 aromatic carbocycles. The van der Waals surface area contributed by atoms with Crippen LogP contribution in [0.3, 0.4) is 0 Å². The SMILES string of the molecule is CC(C)NCc1sc(-c2cc(Br)ccc2F)nc1C(C)C. The Hall–Kier alpha value is -0.780. The third kappa shape index (κ3) is 4.11. The van der Waals surface area contributed by atoms with Crippen LogP contribution in [0.4, 0.5) is 4.39 Å². The number of aromatic nitrogens is 1. The van der Waals surface area contributed by atoms with E-state index in [0.29, 0.717) is 17.5 Å².